The molecule has 0 bridgehead atoms. The molecule has 1 aromatic rings. The monoisotopic (exact) mass is 299 g/mol. The fraction of sp³-hybridized carbons (Fsp3) is 0.667. The molecule has 0 aliphatic heterocycles. The molecular weight excluding hydrogens is 282 g/mol. The molecule has 0 unspecified atom stereocenters. The van der Waals surface area contributed by atoms with E-state index in [0.29, 0.717) is 12.5 Å². The van der Waals surface area contributed by atoms with E-state index in [-0.39, 0.29) is 6.10 Å². The second-order valence-electron chi connectivity index (χ2n) is 4.55. The van der Waals surface area contributed by atoms with E-state index in [4.69, 9.17) is 4.74 Å². The smallest absolute Gasteiger partial charge is 0.135 e. The van der Waals surface area contributed by atoms with E-state index in [2.05, 4.69) is 31.2 Å². The molecule has 0 amide bonds. The van der Waals surface area contributed by atoms with Gasteiger partial charge in [0.2, 0.25) is 0 Å². The number of rotatable bonds is 6. The molecular formula is C12H18BrN3O. The Morgan fingerprint density at radius 3 is 2.88 bits per heavy atom. The van der Waals surface area contributed by atoms with Gasteiger partial charge in [-0.15, -0.1) is 0 Å². The van der Waals surface area contributed by atoms with E-state index in [1.54, 1.807) is 0 Å². The van der Waals surface area contributed by atoms with E-state index in [0.717, 1.165) is 22.8 Å². The molecule has 1 N–H and O–H groups in total. The lowest BCUT2D eigenvalue weighted by Gasteiger charge is -2.10. The summed E-state index contributed by atoms with van der Waals surface area (Å²) in [6.45, 7) is 5.53. The van der Waals surface area contributed by atoms with E-state index in [1.807, 2.05) is 19.9 Å². The number of hydrogen-bond donors (Lipinski definition) is 1. The minimum Gasteiger partial charge on any atom is -0.377 e. The van der Waals surface area contributed by atoms with E-state index in [1.165, 1.54) is 12.8 Å². The molecule has 1 heterocycles. The van der Waals surface area contributed by atoms with Crippen molar-refractivity contribution >= 4 is 21.7 Å². The first-order valence-corrected chi connectivity index (χ1v) is 6.84. The van der Waals surface area contributed by atoms with Gasteiger partial charge in [0.15, 0.2) is 0 Å². The summed E-state index contributed by atoms with van der Waals surface area (Å²) in [6.07, 6.45) is 2.70. The average Bonchev–Trinajstić information content (AvgIpc) is 3.07. The van der Waals surface area contributed by atoms with Crippen molar-refractivity contribution in [3.63, 3.8) is 0 Å². The van der Waals surface area contributed by atoms with Gasteiger partial charge in [-0.05, 0) is 42.6 Å². The Balaban J connectivity index is 1.87. The van der Waals surface area contributed by atoms with Crippen molar-refractivity contribution in [2.75, 3.05) is 18.5 Å². The van der Waals surface area contributed by atoms with Crippen molar-refractivity contribution in [3.8, 4) is 0 Å². The van der Waals surface area contributed by atoms with Gasteiger partial charge in [-0.1, -0.05) is 0 Å². The lowest BCUT2D eigenvalue weighted by atomic mass is 10.4. The van der Waals surface area contributed by atoms with Gasteiger partial charge in [0.05, 0.1) is 12.7 Å². The third kappa shape index (κ3) is 4.24. The summed E-state index contributed by atoms with van der Waals surface area (Å²) in [7, 11) is 0. The number of nitrogens with one attached hydrogen (secondary N) is 1. The summed E-state index contributed by atoms with van der Waals surface area (Å²) in [5.41, 5.74) is 0. The van der Waals surface area contributed by atoms with Crippen molar-refractivity contribution in [3.05, 3.63) is 16.5 Å². The normalized spacial score (nSPS) is 15.3. The molecule has 1 saturated carbocycles. The summed E-state index contributed by atoms with van der Waals surface area (Å²) in [4.78, 5) is 8.89. The first-order valence-electron chi connectivity index (χ1n) is 6.05. The minimum absolute atomic E-state index is 0.274. The van der Waals surface area contributed by atoms with Gasteiger partial charge in [0.25, 0.3) is 0 Å². The van der Waals surface area contributed by atoms with E-state index < -0.39 is 0 Å². The number of halogens is 1. The van der Waals surface area contributed by atoms with Crippen LogP contribution in [0.4, 0.5) is 5.82 Å². The number of ether oxygens (including phenoxy) is 1. The van der Waals surface area contributed by atoms with Crippen LogP contribution in [0.5, 0.6) is 0 Å². The highest BCUT2D eigenvalue weighted by Crippen LogP contribution is 2.38. The predicted molar refractivity (Wildman–Crippen MR) is 71.3 cm³/mol. The van der Waals surface area contributed by atoms with Crippen LogP contribution < -0.4 is 5.32 Å². The largest absolute Gasteiger partial charge is 0.377 e. The Morgan fingerprint density at radius 2 is 2.24 bits per heavy atom. The molecule has 0 spiro atoms. The topological polar surface area (TPSA) is 47.0 Å². The molecule has 0 atom stereocenters. The van der Waals surface area contributed by atoms with E-state index >= 15 is 0 Å². The van der Waals surface area contributed by atoms with Crippen LogP contribution in [0, 0.1) is 0 Å². The van der Waals surface area contributed by atoms with Gasteiger partial charge < -0.3 is 10.1 Å². The molecule has 5 heteroatoms. The number of nitrogens with zero attached hydrogens (tertiary/aromatic N) is 2. The zero-order chi connectivity index (χ0) is 12.3. The molecule has 0 saturated heterocycles. The van der Waals surface area contributed by atoms with Crippen LogP contribution in [0.25, 0.3) is 0 Å². The maximum absolute atomic E-state index is 5.47. The molecule has 0 radical (unpaired) electrons. The lowest BCUT2D eigenvalue weighted by molar-refractivity contribution is 0.0870. The van der Waals surface area contributed by atoms with E-state index in [9.17, 15) is 0 Å². The van der Waals surface area contributed by atoms with Crippen molar-refractivity contribution in [1.82, 2.24) is 9.97 Å². The Morgan fingerprint density at radius 1 is 1.47 bits per heavy atom. The second kappa shape index (κ2) is 5.78. The maximum Gasteiger partial charge on any atom is 0.135 e. The van der Waals surface area contributed by atoms with Gasteiger partial charge in [0, 0.05) is 18.5 Å². The van der Waals surface area contributed by atoms with Crippen molar-refractivity contribution in [1.29, 1.82) is 0 Å². The van der Waals surface area contributed by atoms with Gasteiger partial charge in [-0.2, -0.15) is 0 Å². The molecule has 94 valence electrons. The highest BCUT2D eigenvalue weighted by atomic mass is 79.9. The zero-order valence-corrected chi connectivity index (χ0v) is 11.8. The molecule has 1 aromatic heterocycles. The maximum atomic E-state index is 5.47. The molecule has 2 rings (SSSR count). The molecule has 4 nitrogen and oxygen atoms in total. The average molecular weight is 300 g/mol. The fourth-order valence-electron chi connectivity index (χ4n) is 1.52. The summed E-state index contributed by atoms with van der Waals surface area (Å²) >= 11 is 3.42. The second-order valence-corrected chi connectivity index (χ2v) is 5.37. The van der Waals surface area contributed by atoms with Crippen LogP contribution in [0.1, 0.15) is 38.4 Å². The van der Waals surface area contributed by atoms with Crippen LogP contribution in [0.15, 0.2) is 10.7 Å². The Hall–Kier alpha value is -0.680. The van der Waals surface area contributed by atoms with Crippen molar-refractivity contribution in [2.24, 2.45) is 0 Å². The van der Waals surface area contributed by atoms with Gasteiger partial charge >= 0.3 is 0 Å². The summed E-state index contributed by atoms with van der Waals surface area (Å²) in [5.74, 6) is 2.40. The molecule has 17 heavy (non-hydrogen) atoms. The minimum atomic E-state index is 0.274. The molecule has 0 aromatic carbocycles. The molecule has 1 fully saturated rings. The van der Waals surface area contributed by atoms with Crippen molar-refractivity contribution < 1.29 is 4.74 Å². The lowest BCUT2D eigenvalue weighted by Crippen LogP contribution is -2.14. The first kappa shape index (κ1) is 12.8. The van der Waals surface area contributed by atoms with Gasteiger partial charge in [0.1, 0.15) is 16.2 Å². The highest BCUT2D eigenvalue weighted by molar-refractivity contribution is 9.10. The predicted octanol–water partition coefficient (Wildman–Crippen LogP) is 2.95. The van der Waals surface area contributed by atoms with Crippen LogP contribution in [0.3, 0.4) is 0 Å². The number of hydrogen-bond acceptors (Lipinski definition) is 4. The summed E-state index contributed by atoms with van der Waals surface area (Å²) in [5, 5.41) is 3.26. The molecule has 1 aliphatic carbocycles. The first-order chi connectivity index (χ1) is 8.15. The van der Waals surface area contributed by atoms with Gasteiger partial charge in [-0.3, -0.25) is 0 Å². The summed E-state index contributed by atoms with van der Waals surface area (Å²) < 4.78 is 6.31. The Kier molecular flexibility index (Phi) is 4.34. The van der Waals surface area contributed by atoms with Gasteiger partial charge in [-0.25, -0.2) is 9.97 Å². The van der Waals surface area contributed by atoms with Crippen LogP contribution >= 0.6 is 15.9 Å². The summed E-state index contributed by atoms with van der Waals surface area (Å²) in [6, 6.07) is 1.90. The zero-order valence-electron chi connectivity index (χ0n) is 10.2. The standard InChI is InChI=1S/C12H18BrN3O/c1-8(2)17-6-5-14-11-7-10(13)15-12(16-11)9-3-4-9/h7-9H,3-6H2,1-2H3,(H,14,15,16). The van der Waals surface area contributed by atoms with Crippen LogP contribution in [-0.2, 0) is 4.74 Å². The SMILES string of the molecule is CC(C)OCCNc1cc(Br)nc(C2CC2)n1. The molecule has 1 aliphatic rings. The Labute approximate surface area is 110 Å². The highest BCUT2D eigenvalue weighted by Gasteiger charge is 2.27. The number of aromatic nitrogens is 2. The Bertz CT molecular complexity index is 380. The van der Waals surface area contributed by atoms with Crippen LogP contribution in [-0.4, -0.2) is 29.2 Å². The quantitative estimate of drug-likeness (QED) is 0.648. The fourth-order valence-corrected chi connectivity index (χ4v) is 1.92. The third-order valence-electron chi connectivity index (χ3n) is 2.51. The van der Waals surface area contributed by atoms with Crippen molar-refractivity contribution in [2.45, 2.75) is 38.7 Å². The van der Waals surface area contributed by atoms with Crippen LogP contribution in [0.2, 0.25) is 0 Å². The third-order valence-corrected chi connectivity index (χ3v) is 2.92. The number of anilines is 1.